The summed E-state index contributed by atoms with van der Waals surface area (Å²) in [6, 6.07) is 9.32. The molecule has 176 valence electrons. The average molecular weight is 445 g/mol. The van der Waals surface area contributed by atoms with Crippen LogP contribution in [-0.4, -0.2) is 54.7 Å². The molecule has 0 aromatic heterocycles. The second-order valence-electron chi connectivity index (χ2n) is 9.91. The summed E-state index contributed by atoms with van der Waals surface area (Å²) in [4.78, 5) is 39.6. The first-order chi connectivity index (χ1) is 15.2. The van der Waals surface area contributed by atoms with Gasteiger partial charge in [-0.1, -0.05) is 30.3 Å². The fraction of sp³-hybridized carbons (Fsp3) is 0.640. The zero-order valence-electron chi connectivity index (χ0n) is 19.6. The Balaban J connectivity index is 1.56. The van der Waals surface area contributed by atoms with Gasteiger partial charge in [0.2, 0.25) is 5.91 Å². The van der Waals surface area contributed by atoms with E-state index in [-0.39, 0.29) is 23.7 Å². The SMILES string of the molecule is COC(=O)C1C(c2ccccc2)CCN1C(=O)[C@H]1CC[C@H](CNC(=O)OC(C)(C)C)CC1. The quantitative estimate of drug-likeness (QED) is 0.697. The highest BCUT2D eigenvalue weighted by atomic mass is 16.6. The number of benzene rings is 1. The molecule has 1 saturated carbocycles. The molecule has 1 aliphatic carbocycles. The van der Waals surface area contributed by atoms with Gasteiger partial charge in [0.05, 0.1) is 7.11 Å². The minimum absolute atomic E-state index is 0.0398. The first kappa shape index (κ1) is 24.1. The molecule has 1 aromatic carbocycles. The van der Waals surface area contributed by atoms with Crippen LogP contribution < -0.4 is 5.32 Å². The number of hydrogen-bond donors (Lipinski definition) is 1. The van der Waals surface area contributed by atoms with Crippen molar-refractivity contribution in [2.24, 2.45) is 11.8 Å². The number of carbonyl (C=O) groups excluding carboxylic acids is 3. The molecule has 7 nitrogen and oxygen atoms in total. The predicted molar refractivity (Wildman–Crippen MR) is 121 cm³/mol. The Morgan fingerprint density at radius 2 is 1.69 bits per heavy atom. The fourth-order valence-electron chi connectivity index (χ4n) is 4.89. The third kappa shape index (κ3) is 6.02. The van der Waals surface area contributed by atoms with E-state index < -0.39 is 17.7 Å². The van der Waals surface area contributed by atoms with Crippen LogP contribution in [0, 0.1) is 11.8 Å². The van der Waals surface area contributed by atoms with Crippen LogP contribution in [0.2, 0.25) is 0 Å². The van der Waals surface area contributed by atoms with Crippen molar-refractivity contribution < 1.29 is 23.9 Å². The minimum Gasteiger partial charge on any atom is -0.467 e. The third-order valence-corrected chi connectivity index (χ3v) is 6.48. The summed E-state index contributed by atoms with van der Waals surface area (Å²) in [5, 5.41) is 2.84. The van der Waals surface area contributed by atoms with Crippen LogP contribution in [0.5, 0.6) is 0 Å². The van der Waals surface area contributed by atoms with Crippen molar-refractivity contribution >= 4 is 18.0 Å². The Labute approximate surface area is 190 Å². The van der Waals surface area contributed by atoms with Gasteiger partial charge in [-0.25, -0.2) is 9.59 Å². The smallest absolute Gasteiger partial charge is 0.407 e. The van der Waals surface area contributed by atoms with E-state index in [2.05, 4.69) is 5.32 Å². The maximum Gasteiger partial charge on any atom is 0.407 e. The van der Waals surface area contributed by atoms with Crippen LogP contribution >= 0.6 is 0 Å². The van der Waals surface area contributed by atoms with Crippen molar-refractivity contribution in [1.29, 1.82) is 0 Å². The number of likely N-dealkylation sites (tertiary alicyclic amines) is 1. The summed E-state index contributed by atoms with van der Waals surface area (Å²) >= 11 is 0. The van der Waals surface area contributed by atoms with Crippen molar-refractivity contribution in [1.82, 2.24) is 10.2 Å². The van der Waals surface area contributed by atoms with E-state index in [0.717, 1.165) is 37.7 Å². The summed E-state index contributed by atoms with van der Waals surface area (Å²) < 4.78 is 10.4. The first-order valence-corrected chi connectivity index (χ1v) is 11.6. The van der Waals surface area contributed by atoms with E-state index in [1.165, 1.54) is 7.11 Å². The van der Waals surface area contributed by atoms with Gasteiger partial charge in [-0.2, -0.15) is 0 Å². The van der Waals surface area contributed by atoms with Crippen molar-refractivity contribution in [2.75, 3.05) is 20.2 Å². The molecule has 2 unspecified atom stereocenters. The van der Waals surface area contributed by atoms with Crippen molar-refractivity contribution in [3.8, 4) is 0 Å². The molecule has 3 rings (SSSR count). The molecule has 1 heterocycles. The van der Waals surface area contributed by atoms with Crippen LogP contribution in [0.15, 0.2) is 30.3 Å². The lowest BCUT2D eigenvalue weighted by atomic mass is 9.81. The highest BCUT2D eigenvalue weighted by molar-refractivity contribution is 5.87. The predicted octanol–water partition coefficient (Wildman–Crippen LogP) is 3.88. The molecule has 1 saturated heterocycles. The molecule has 32 heavy (non-hydrogen) atoms. The molecule has 1 aromatic rings. The minimum atomic E-state index is -0.568. The summed E-state index contributed by atoms with van der Waals surface area (Å²) in [6.07, 6.45) is 3.61. The number of esters is 1. The highest BCUT2D eigenvalue weighted by Crippen LogP contribution is 2.37. The molecule has 2 fully saturated rings. The van der Waals surface area contributed by atoms with Gasteiger partial charge >= 0.3 is 12.1 Å². The largest absolute Gasteiger partial charge is 0.467 e. The average Bonchev–Trinajstić information content (AvgIpc) is 3.21. The van der Waals surface area contributed by atoms with E-state index in [1.807, 2.05) is 51.1 Å². The van der Waals surface area contributed by atoms with Gasteiger partial charge in [-0.05, 0) is 64.4 Å². The molecule has 1 N–H and O–H groups in total. The maximum absolute atomic E-state index is 13.4. The lowest BCUT2D eigenvalue weighted by Crippen LogP contribution is -2.46. The van der Waals surface area contributed by atoms with E-state index in [1.54, 1.807) is 4.90 Å². The standard InChI is InChI=1S/C25H36N2O5/c1-25(2,3)32-24(30)26-16-17-10-12-19(13-11-17)22(28)27-15-14-20(21(27)23(29)31-4)18-8-6-5-7-9-18/h5-9,17,19-21H,10-16H2,1-4H3,(H,26,30)/t17-,19-,20?,21?. The molecule has 1 aliphatic heterocycles. The number of amides is 2. The molecule has 2 aliphatic rings. The molecule has 2 amide bonds. The van der Waals surface area contributed by atoms with E-state index in [0.29, 0.717) is 19.0 Å². The number of nitrogens with zero attached hydrogens (tertiary/aromatic N) is 1. The van der Waals surface area contributed by atoms with Crippen molar-refractivity contribution in [3.63, 3.8) is 0 Å². The van der Waals surface area contributed by atoms with Crippen LogP contribution in [-0.2, 0) is 19.1 Å². The second kappa shape index (κ2) is 10.4. The summed E-state index contributed by atoms with van der Waals surface area (Å²) in [5.74, 6) is -0.0904. The number of hydrogen-bond acceptors (Lipinski definition) is 5. The molecular weight excluding hydrogens is 408 g/mol. The molecule has 0 radical (unpaired) electrons. The van der Waals surface area contributed by atoms with Crippen LogP contribution in [0.1, 0.15) is 64.4 Å². The topological polar surface area (TPSA) is 84.9 Å². The maximum atomic E-state index is 13.4. The van der Waals surface area contributed by atoms with Gasteiger partial charge in [-0.3, -0.25) is 4.79 Å². The molecule has 0 spiro atoms. The van der Waals surface area contributed by atoms with E-state index in [9.17, 15) is 14.4 Å². The van der Waals surface area contributed by atoms with E-state index >= 15 is 0 Å². The monoisotopic (exact) mass is 444 g/mol. The van der Waals surface area contributed by atoms with Gasteiger partial charge in [0.15, 0.2) is 0 Å². The number of ether oxygens (including phenoxy) is 2. The van der Waals surface area contributed by atoms with Gasteiger partial charge in [0.1, 0.15) is 11.6 Å². The Morgan fingerprint density at radius 1 is 1.03 bits per heavy atom. The highest BCUT2D eigenvalue weighted by Gasteiger charge is 2.45. The molecule has 7 heteroatoms. The Hall–Kier alpha value is -2.57. The number of methoxy groups -OCH3 is 1. The van der Waals surface area contributed by atoms with Gasteiger partial charge in [0.25, 0.3) is 0 Å². The van der Waals surface area contributed by atoms with Gasteiger partial charge < -0.3 is 19.7 Å². The lowest BCUT2D eigenvalue weighted by Gasteiger charge is -2.33. The van der Waals surface area contributed by atoms with Gasteiger partial charge in [-0.15, -0.1) is 0 Å². The molecule has 0 bridgehead atoms. The normalized spacial score (nSPS) is 25.8. The Morgan fingerprint density at radius 3 is 2.28 bits per heavy atom. The van der Waals surface area contributed by atoms with E-state index in [4.69, 9.17) is 9.47 Å². The molecule has 2 atom stereocenters. The first-order valence-electron chi connectivity index (χ1n) is 11.6. The fourth-order valence-corrected chi connectivity index (χ4v) is 4.89. The van der Waals surface area contributed by atoms with Crippen molar-refractivity contribution in [2.45, 2.75) is 70.4 Å². The lowest BCUT2D eigenvalue weighted by molar-refractivity contribution is -0.153. The summed E-state index contributed by atoms with van der Waals surface area (Å²) in [6.45, 7) is 6.64. The molecular formula is C25H36N2O5. The zero-order chi connectivity index (χ0) is 23.3. The number of carbonyl (C=O) groups is 3. The third-order valence-electron chi connectivity index (χ3n) is 6.48. The van der Waals surface area contributed by atoms with Crippen molar-refractivity contribution in [3.05, 3.63) is 35.9 Å². The Kier molecular flexibility index (Phi) is 7.80. The van der Waals surface area contributed by atoms with Crippen LogP contribution in [0.4, 0.5) is 4.79 Å². The van der Waals surface area contributed by atoms with Crippen LogP contribution in [0.25, 0.3) is 0 Å². The van der Waals surface area contributed by atoms with Crippen LogP contribution in [0.3, 0.4) is 0 Å². The number of alkyl carbamates (subject to hydrolysis) is 1. The van der Waals surface area contributed by atoms with Gasteiger partial charge in [0, 0.05) is 24.9 Å². The number of nitrogens with one attached hydrogen (secondary N) is 1. The Bertz CT molecular complexity index is 796. The number of rotatable bonds is 5. The second-order valence-corrected chi connectivity index (χ2v) is 9.91. The summed E-state index contributed by atoms with van der Waals surface area (Å²) in [7, 11) is 1.38. The summed E-state index contributed by atoms with van der Waals surface area (Å²) in [5.41, 5.74) is 0.549. The zero-order valence-corrected chi connectivity index (χ0v) is 19.6.